The second-order valence-electron chi connectivity index (χ2n) is 4.03. The summed E-state index contributed by atoms with van der Waals surface area (Å²) in [5.41, 5.74) is 0.190. The van der Waals surface area contributed by atoms with Crippen LogP contribution in [0.2, 0.25) is 0 Å². The summed E-state index contributed by atoms with van der Waals surface area (Å²) in [7, 11) is 0. The number of unbranched alkanes of at least 4 members (excludes halogenated alkanes) is 1. The predicted octanol–water partition coefficient (Wildman–Crippen LogP) is 4.05. The topological polar surface area (TPSA) is 12.0 Å². The molecule has 0 saturated heterocycles. The maximum absolute atomic E-state index is 13.6. The van der Waals surface area contributed by atoms with Gasteiger partial charge in [-0.1, -0.05) is 6.92 Å². The maximum atomic E-state index is 13.6. The first-order valence-electron chi connectivity index (χ1n) is 6.00. The monoisotopic (exact) mass is 305 g/mol. The molecule has 96 valence electrons. The lowest BCUT2D eigenvalue weighted by Crippen LogP contribution is -2.16. The van der Waals surface area contributed by atoms with Crippen molar-refractivity contribution in [2.45, 2.75) is 32.6 Å². The summed E-state index contributed by atoms with van der Waals surface area (Å²) in [5, 5.41) is 3.27. The van der Waals surface area contributed by atoms with Gasteiger partial charge in [0.1, 0.15) is 11.6 Å². The van der Waals surface area contributed by atoms with Gasteiger partial charge < -0.3 is 5.32 Å². The van der Waals surface area contributed by atoms with E-state index in [4.69, 9.17) is 0 Å². The zero-order valence-corrected chi connectivity index (χ0v) is 11.6. The minimum absolute atomic E-state index is 0.190. The molecule has 0 heterocycles. The van der Waals surface area contributed by atoms with Crippen molar-refractivity contribution in [1.29, 1.82) is 0 Å². The summed E-state index contributed by atoms with van der Waals surface area (Å²) in [4.78, 5) is 0. The number of halogens is 3. The molecule has 0 aliphatic carbocycles. The lowest BCUT2D eigenvalue weighted by atomic mass is 10.1. The van der Waals surface area contributed by atoms with Crippen molar-refractivity contribution in [3.63, 3.8) is 0 Å². The van der Waals surface area contributed by atoms with Gasteiger partial charge in [0.05, 0.1) is 4.47 Å². The van der Waals surface area contributed by atoms with Gasteiger partial charge in [0, 0.05) is 5.56 Å². The zero-order chi connectivity index (χ0) is 12.7. The summed E-state index contributed by atoms with van der Waals surface area (Å²) >= 11 is 3.07. The first-order valence-corrected chi connectivity index (χ1v) is 6.79. The lowest BCUT2D eigenvalue weighted by molar-refractivity contribution is 0.537. The summed E-state index contributed by atoms with van der Waals surface area (Å²) < 4.78 is 27.3. The van der Waals surface area contributed by atoms with Crippen LogP contribution >= 0.6 is 15.9 Å². The molecule has 1 aromatic carbocycles. The van der Waals surface area contributed by atoms with Gasteiger partial charge in [-0.15, -0.1) is 0 Å². The van der Waals surface area contributed by atoms with Crippen LogP contribution in [0.3, 0.4) is 0 Å². The fourth-order valence-electron chi connectivity index (χ4n) is 1.65. The molecule has 0 unspecified atom stereocenters. The second-order valence-corrected chi connectivity index (χ2v) is 4.88. The number of nitrogens with one attached hydrogen (secondary N) is 1. The average molecular weight is 306 g/mol. The highest BCUT2D eigenvalue weighted by atomic mass is 79.9. The predicted molar refractivity (Wildman–Crippen MR) is 70.2 cm³/mol. The zero-order valence-electron chi connectivity index (χ0n) is 10.0. The lowest BCUT2D eigenvalue weighted by Gasteiger charge is -2.07. The SMILES string of the molecule is CCCNCCCCc1c(F)ccc(Br)c1F. The minimum Gasteiger partial charge on any atom is -0.317 e. The van der Waals surface area contributed by atoms with Gasteiger partial charge in [-0.25, -0.2) is 8.78 Å². The van der Waals surface area contributed by atoms with Crippen LogP contribution in [-0.4, -0.2) is 13.1 Å². The van der Waals surface area contributed by atoms with Crippen molar-refractivity contribution >= 4 is 15.9 Å². The van der Waals surface area contributed by atoms with Crippen molar-refractivity contribution in [3.05, 3.63) is 33.8 Å². The molecule has 0 saturated carbocycles. The molecule has 0 atom stereocenters. The molecule has 0 radical (unpaired) electrons. The minimum atomic E-state index is -0.466. The first kappa shape index (κ1) is 14.6. The Morgan fingerprint density at radius 3 is 2.65 bits per heavy atom. The summed E-state index contributed by atoms with van der Waals surface area (Å²) in [5.74, 6) is -0.918. The van der Waals surface area contributed by atoms with E-state index in [9.17, 15) is 8.78 Å². The van der Waals surface area contributed by atoms with E-state index >= 15 is 0 Å². The molecule has 0 aromatic heterocycles. The van der Waals surface area contributed by atoms with E-state index in [-0.39, 0.29) is 5.56 Å². The molecule has 0 amide bonds. The molecular weight excluding hydrogens is 288 g/mol. The van der Waals surface area contributed by atoms with Gasteiger partial charge >= 0.3 is 0 Å². The van der Waals surface area contributed by atoms with Crippen LogP contribution in [0, 0.1) is 11.6 Å². The molecular formula is C13H18BrF2N. The number of hydrogen-bond acceptors (Lipinski definition) is 1. The summed E-state index contributed by atoms with van der Waals surface area (Å²) in [6.45, 7) is 4.02. The molecule has 0 fully saturated rings. The molecule has 1 nitrogen and oxygen atoms in total. The van der Waals surface area contributed by atoms with E-state index < -0.39 is 11.6 Å². The van der Waals surface area contributed by atoms with Crippen molar-refractivity contribution in [2.75, 3.05) is 13.1 Å². The van der Waals surface area contributed by atoms with Gasteiger partial charge in [0.2, 0.25) is 0 Å². The second kappa shape index (κ2) is 7.77. The van der Waals surface area contributed by atoms with Gasteiger partial charge in [0.15, 0.2) is 0 Å². The fourth-order valence-corrected chi connectivity index (χ4v) is 2.02. The Morgan fingerprint density at radius 1 is 1.18 bits per heavy atom. The highest BCUT2D eigenvalue weighted by Crippen LogP contribution is 2.22. The smallest absolute Gasteiger partial charge is 0.143 e. The van der Waals surface area contributed by atoms with Crippen LogP contribution < -0.4 is 5.32 Å². The molecule has 17 heavy (non-hydrogen) atoms. The van der Waals surface area contributed by atoms with E-state index in [2.05, 4.69) is 28.2 Å². The van der Waals surface area contributed by atoms with Crippen molar-refractivity contribution in [1.82, 2.24) is 5.32 Å². The van der Waals surface area contributed by atoms with Gasteiger partial charge in [0.25, 0.3) is 0 Å². The highest BCUT2D eigenvalue weighted by molar-refractivity contribution is 9.10. The Balaban J connectivity index is 2.39. The number of rotatable bonds is 7. The molecule has 1 rings (SSSR count). The molecule has 0 aliphatic rings. The molecule has 1 aromatic rings. The molecule has 0 bridgehead atoms. The van der Waals surface area contributed by atoms with E-state index in [0.29, 0.717) is 10.9 Å². The third-order valence-corrected chi connectivity index (χ3v) is 3.21. The van der Waals surface area contributed by atoms with Gasteiger partial charge in [-0.2, -0.15) is 0 Å². The van der Waals surface area contributed by atoms with Crippen LogP contribution in [0.15, 0.2) is 16.6 Å². The highest BCUT2D eigenvalue weighted by Gasteiger charge is 2.11. The Morgan fingerprint density at radius 2 is 1.94 bits per heavy atom. The number of benzene rings is 1. The summed E-state index contributed by atoms with van der Waals surface area (Å²) in [6.07, 6.45) is 3.28. The van der Waals surface area contributed by atoms with Gasteiger partial charge in [-0.05, 0) is 66.8 Å². The average Bonchev–Trinajstić information content (AvgIpc) is 2.32. The Hall–Kier alpha value is -0.480. The first-order chi connectivity index (χ1) is 8.16. The quantitative estimate of drug-likeness (QED) is 0.592. The van der Waals surface area contributed by atoms with E-state index in [1.54, 1.807) is 0 Å². The molecule has 0 spiro atoms. The summed E-state index contributed by atoms with van der Waals surface area (Å²) in [6, 6.07) is 2.70. The number of hydrogen-bond donors (Lipinski definition) is 1. The van der Waals surface area contributed by atoms with Crippen molar-refractivity contribution in [3.8, 4) is 0 Å². The van der Waals surface area contributed by atoms with Crippen molar-refractivity contribution in [2.24, 2.45) is 0 Å². The Labute approximate surface area is 110 Å². The van der Waals surface area contributed by atoms with E-state index in [1.807, 2.05) is 0 Å². The normalized spacial score (nSPS) is 10.8. The van der Waals surface area contributed by atoms with Crippen LogP contribution in [-0.2, 0) is 6.42 Å². The Bertz CT molecular complexity index is 356. The van der Waals surface area contributed by atoms with E-state index in [1.165, 1.54) is 12.1 Å². The fraction of sp³-hybridized carbons (Fsp3) is 0.538. The Kier molecular flexibility index (Phi) is 6.66. The maximum Gasteiger partial charge on any atom is 0.143 e. The van der Waals surface area contributed by atoms with Crippen molar-refractivity contribution < 1.29 is 8.78 Å². The van der Waals surface area contributed by atoms with E-state index in [0.717, 1.165) is 32.4 Å². The third kappa shape index (κ3) is 4.72. The van der Waals surface area contributed by atoms with Crippen LogP contribution in [0.25, 0.3) is 0 Å². The largest absolute Gasteiger partial charge is 0.317 e. The third-order valence-electron chi connectivity index (χ3n) is 2.60. The van der Waals surface area contributed by atoms with Gasteiger partial charge in [-0.3, -0.25) is 0 Å². The molecule has 0 aliphatic heterocycles. The molecule has 4 heteroatoms. The van der Waals surface area contributed by atoms with Crippen LogP contribution in [0.1, 0.15) is 31.7 Å². The van der Waals surface area contributed by atoms with Crippen LogP contribution in [0.4, 0.5) is 8.78 Å². The standard InChI is InChI=1S/C13H18BrF2N/c1-2-8-17-9-4-3-5-10-12(15)7-6-11(14)13(10)16/h6-7,17H,2-5,8-9H2,1H3. The van der Waals surface area contributed by atoms with Crippen LogP contribution in [0.5, 0.6) is 0 Å². The molecule has 1 N–H and O–H groups in total.